The zero-order chi connectivity index (χ0) is 14.7. The molecule has 2 heterocycles. The van der Waals surface area contributed by atoms with Crippen LogP contribution >= 0.6 is 23.7 Å². The van der Waals surface area contributed by atoms with Crippen molar-refractivity contribution < 1.29 is 0 Å². The van der Waals surface area contributed by atoms with Crippen LogP contribution in [0, 0.1) is 0 Å². The molecule has 1 fully saturated rings. The van der Waals surface area contributed by atoms with Crippen LogP contribution in [0.25, 0.3) is 0 Å². The van der Waals surface area contributed by atoms with E-state index >= 15 is 0 Å². The number of likely N-dealkylation sites (tertiary alicyclic amines) is 1. The summed E-state index contributed by atoms with van der Waals surface area (Å²) >= 11 is 1.62. The Balaban J connectivity index is 0.00000176. The summed E-state index contributed by atoms with van der Waals surface area (Å²) in [5, 5.41) is 0.677. The van der Waals surface area contributed by atoms with E-state index in [1.54, 1.807) is 11.3 Å². The van der Waals surface area contributed by atoms with Gasteiger partial charge in [-0.05, 0) is 37.3 Å². The van der Waals surface area contributed by atoms with Gasteiger partial charge in [-0.3, -0.25) is 4.90 Å². The van der Waals surface area contributed by atoms with Gasteiger partial charge < -0.3 is 5.73 Å². The SMILES string of the molecule is CCC(c1ccccc1)C1CCCN1Cc1cnc(N)s1.Cl. The van der Waals surface area contributed by atoms with Gasteiger partial charge in [-0.2, -0.15) is 0 Å². The minimum absolute atomic E-state index is 0. The lowest BCUT2D eigenvalue weighted by atomic mass is 9.87. The van der Waals surface area contributed by atoms with E-state index in [2.05, 4.69) is 47.1 Å². The number of benzene rings is 1. The number of hydrogen-bond acceptors (Lipinski definition) is 4. The normalized spacial score (nSPS) is 19.8. The van der Waals surface area contributed by atoms with Crippen molar-refractivity contribution >= 4 is 28.9 Å². The largest absolute Gasteiger partial charge is 0.375 e. The van der Waals surface area contributed by atoms with E-state index in [1.165, 1.54) is 36.2 Å². The van der Waals surface area contributed by atoms with Gasteiger partial charge in [0.2, 0.25) is 0 Å². The van der Waals surface area contributed by atoms with Crippen LogP contribution in [0.3, 0.4) is 0 Å². The van der Waals surface area contributed by atoms with Gasteiger partial charge in [-0.1, -0.05) is 37.3 Å². The van der Waals surface area contributed by atoms with Crippen LogP contribution in [0.15, 0.2) is 36.5 Å². The van der Waals surface area contributed by atoms with Crippen molar-refractivity contribution in [2.75, 3.05) is 12.3 Å². The fraction of sp³-hybridized carbons (Fsp3) is 0.471. The molecule has 2 atom stereocenters. The molecule has 0 saturated carbocycles. The standard InChI is InChI=1S/C17H23N3S.ClH/c1-2-15(13-7-4-3-5-8-13)16-9-6-10-20(16)12-14-11-19-17(18)21-14;/h3-5,7-8,11,15-16H,2,6,9-10,12H2,1H3,(H2,18,19);1H. The van der Waals surface area contributed by atoms with Gasteiger partial charge in [0.05, 0.1) is 0 Å². The number of halogens is 1. The van der Waals surface area contributed by atoms with Gasteiger partial charge in [0.25, 0.3) is 0 Å². The van der Waals surface area contributed by atoms with Crippen molar-refractivity contribution in [3.63, 3.8) is 0 Å². The molecule has 2 aromatic rings. The topological polar surface area (TPSA) is 42.2 Å². The zero-order valence-corrected chi connectivity index (χ0v) is 14.6. The Labute approximate surface area is 143 Å². The quantitative estimate of drug-likeness (QED) is 0.884. The first kappa shape index (κ1) is 17.3. The summed E-state index contributed by atoms with van der Waals surface area (Å²) in [7, 11) is 0. The molecule has 22 heavy (non-hydrogen) atoms. The lowest BCUT2D eigenvalue weighted by molar-refractivity contribution is 0.214. The van der Waals surface area contributed by atoms with Crippen LogP contribution in [0.2, 0.25) is 0 Å². The highest BCUT2D eigenvalue weighted by molar-refractivity contribution is 7.15. The fourth-order valence-corrected chi connectivity index (χ4v) is 4.24. The molecule has 5 heteroatoms. The first-order chi connectivity index (χ1) is 10.3. The van der Waals surface area contributed by atoms with Crippen LogP contribution in [-0.4, -0.2) is 22.5 Å². The van der Waals surface area contributed by atoms with Crippen molar-refractivity contribution in [2.24, 2.45) is 0 Å². The maximum Gasteiger partial charge on any atom is 0.180 e. The number of rotatable bonds is 5. The van der Waals surface area contributed by atoms with E-state index < -0.39 is 0 Å². The predicted molar refractivity (Wildman–Crippen MR) is 96.7 cm³/mol. The first-order valence-corrected chi connectivity index (χ1v) is 8.58. The van der Waals surface area contributed by atoms with E-state index in [0.29, 0.717) is 17.1 Å². The second-order valence-corrected chi connectivity index (χ2v) is 6.92. The molecular formula is C17H24ClN3S. The average Bonchev–Trinajstić information content (AvgIpc) is 3.11. The fourth-order valence-electron chi connectivity index (χ4n) is 3.53. The molecule has 1 aromatic carbocycles. The highest BCUT2D eigenvalue weighted by Crippen LogP contribution is 2.35. The third-order valence-electron chi connectivity index (χ3n) is 4.48. The van der Waals surface area contributed by atoms with E-state index in [1.807, 2.05) is 6.20 Å². The van der Waals surface area contributed by atoms with E-state index in [4.69, 9.17) is 5.73 Å². The molecule has 0 amide bonds. The Bertz CT molecular complexity index is 572. The second-order valence-electron chi connectivity index (χ2n) is 5.77. The molecule has 120 valence electrons. The molecule has 1 aliphatic heterocycles. The smallest absolute Gasteiger partial charge is 0.180 e. The maximum atomic E-state index is 5.75. The summed E-state index contributed by atoms with van der Waals surface area (Å²) in [6.07, 6.45) is 5.71. The van der Waals surface area contributed by atoms with Gasteiger partial charge >= 0.3 is 0 Å². The molecule has 0 spiro atoms. The van der Waals surface area contributed by atoms with Gasteiger partial charge in [-0.15, -0.1) is 23.7 Å². The Morgan fingerprint density at radius 1 is 1.36 bits per heavy atom. The van der Waals surface area contributed by atoms with Gasteiger partial charge in [0.1, 0.15) is 0 Å². The Morgan fingerprint density at radius 3 is 2.77 bits per heavy atom. The summed E-state index contributed by atoms with van der Waals surface area (Å²) in [5.74, 6) is 0.624. The number of nitrogens with zero attached hydrogens (tertiary/aromatic N) is 2. The molecule has 0 bridgehead atoms. The third kappa shape index (κ3) is 3.80. The number of nitrogens with two attached hydrogens (primary N) is 1. The zero-order valence-electron chi connectivity index (χ0n) is 12.9. The molecule has 1 saturated heterocycles. The molecule has 0 radical (unpaired) electrons. The Kier molecular flexibility index (Phi) is 6.24. The van der Waals surface area contributed by atoms with Crippen LogP contribution in [0.1, 0.15) is 42.5 Å². The van der Waals surface area contributed by atoms with E-state index in [-0.39, 0.29) is 12.4 Å². The summed E-state index contributed by atoms with van der Waals surface area (Å²) in [6, 6.07) is 11.6. The Morgan fingerprint density at radius 2 is 2.14 bits per heavy atom. The number of thiazole rings is 1. The number of hydrogen-bond donors (Lipinski definition) is 1. The molecule has 1 aliphatic rings. The molecule has 1 aromatic heterocycles. The summed E-state index contributed by atoms with van der Waals surface area (Å²) in [5.41, 5.74) is 7.23. The summed E-state index contributed by atoms with van der Waals surface area (Å²) < 4.78 is 0. The van der Waals surface area contributed by atoms with Gasteiger partial charge in [0.15, 0.2) is 5.13 Å². The van der Waals surface area contributed by atoms with Crippen molar-refractivity contribution in [2.45, 2.75) is 44.7 Å². The number of anilines is 1. The summed E-state index contributed by atoms with van der Waals surface area (Å²) in [4.78, 5) is 8.08. The van der Waals surface area contributed by atoms with Crippen LogP contribution in [0.4, 0.5) is 5.13 Å². The lowest BCUT2D eigenvalue weighted by Gasteiger charge is -2.31. The van der Waals surface area contributed by atoms with Gasteiger partial charge in [0, 0.05) is 23.7 Å². The Hall–Kier alpha value is -1.10. The molecule has 2 unspecified atom stereocenters. The predicted octanol–water partition coefficient (Wildman–Crippen LogP) is 4.31. The lowest BCUT2D eigenvalue weighted by Crippen LogP contribution is -2.33. The number of aromatic nitrogens is 1. The van der Waals surface area contributed by atoms with Gasteiger partial charge in [-0.25, -0.2) is 4.98 Å². The van der Waals surface area contributed by atoms with Crippen molar-refractivity contribution in [1.29, 1.82) is 0 Å². The first-order valence-electron chi connectivity index (χ1n) is 7.77. The molecule has 3 nitrogen and oxygen atoms in total. The highest BCUT2D eigenvalue weighted by Gasteiger charge is 2.31. The minimum atomic E-state index is 0. The van der Waals surface area contributed by atoms with Crippen molar-refractivity contribution in [3.05, 3.63) is 47.0 Å². The molecule has 0 aliphatic carbocycles. The van der Waals surface area contributed by atoms with Crippen molar-refractivity contribution in [3.8, 4) is 0 Å². The van der Waals surface area contributed by atoms with Crippen LogP contribution in [-0.2, 0) is 6.54 Å². The molecule has 2 N–H and O–H groups in total. The summed E-state index contributed by atoms with van der Waals surface area (Å²) in [6.45, 7) is 4.48. The second kappa shape index (κ2) is 7.95. The van der Waals surface area contributed by atoms with E-state index in [9.17, 15) is 0 Å². The maximum absolute atomic E-state index is 5.75. The average molecular weight is 338 g/mol. The van der Waals surface area contributed by atoms with Crippen LogP contribution < -0.4 is 5.73 Å². The molecular weight excluding hydrogens is 314 g/mol. The third-order valence-corrected chi connectivity index (χ3v) is 5.29. The van der Waals surface area contributed by atoms with Crippen molar-refractivity contribution in [1.82, 2.24) is 9.88 Å². The van der Waals surface area contributed by atoms with Crippen LogP contribution in [0.5, 0.6) is 0 Å². The molecule has 3 rings (SSSR count). The highest BCUT2D eigenvalue weighted by atomic mass is 35.5. The number of nitrogen functional groups attached to an aromatic ring is 1. The monoisotopic (exact) mass is 337 g/mol. The van der Waals surface area contributed by atoms with E-state index in [0.717, 1.165) is 6.54 Å². The minimum Gasteiger partial charge on any atom is -0.375 e.